The Hall–Kier alpha value is -2.00. The molecule has 0 radical (unpaired) electrons. The number of hydrogen-bond acceptors (Lipinski definition) is 9. The van der Waals surface area contributed by atoms with Gasteiger partial charge < -0.3 is 23.7 Å². The van der Waals surface area contributed by atoms with Gasteiger partial charge in [-0.2, -0.15) is 4.39 Å². The van der Waals surface area contributed by atoms with E-state index >= 15 is 4.39 Å². The normalized spacial score (nSPS) is 26.0. The van der Waals surface area contributed by atoms with Crippen LogP contribution in [0.2, 0.25) is 25.7 Å². The molecule has 0 unspecified atom stereocenters. The largest absolute Gasteiger partial charge is 0.496 e. The van der Waals surface area contributed by atoms with Crippen molar-refractivity contribution in [1.29, 1.82) is 0 Å². The van der Waals surface area contributed by atoms with E-state index in [2.05, 4.69) is 24.6 Å². The minimum Gasteiger partial charge on any atom is -0.443 e. The summed E-state index contributed by atoms with van der Waals surface area (Å²) in [5.41, 5.74) is -2.70. The second-order valence-corrected chi connectivity index (χ2v) is 23.2. The molecule has 258 valence electrons. The summed E-state index contributed by atoms with van der Waals surface area (Å²) in [6.07, 6.45) is 0.730. The molecule has 1 fully saturated rings. The summed E-state index contributed by atoms with van der Waals surface area (Å²) in [7, 11) is 1.15. The zero-order valence-corrected chi connectivity index (χ0v) is 32.3. The fourth-order valence-corrected chi connectivity index (χ4v) is 7.46. The Labute approximate surface area is 280 Å². The van der Waals surface area contributed by atoms with E-state index in [4.69, 9.17) is 23.8 Å². The third kappa shape index (κ3) is 8.16. The molecule has 1 saturated heterocycles. The van der Waals surface area contributed by atoms with Crippen molar-refractivity contribution in [1.82, 2.24) is 14.8 Å². The van der Waals surface area contributed by atoms with Crippen LogP contribution >= 0.6 is 11.8 Å². The second-order valence-electron chi connectivity index (χ2n) is 16.1. The number of aromatic nitrogens is 1. The lowest BCUT2D eigenvalue weighted by Gasteiger charge is -2.48. The highest BCUT2D eigenvalue weighted by Gasteiger charge is 2.57. The predicted molar refractivity (Wildman–Crippen MR) is 186 cm³/mol. The molecule has 2 amide bonds. The van der Waals surface area contributed by atoms with Crippen molar-refractivity contribution >= 4 is 49.6 Å². The molecule has 10 nitrogen and oxygen atoms in total. The van der Waals surface area contributed by atoms with Crippen LogP contribution in [-0.2, 0) is 29.1 Å². The summed E-state index contributed by atoms with van der Waals surface area (Å²) in [4.78, 5) is 39.7. The molecule has 0 spiro atoms. The first-order valence-corrected chi connectivity index (χ1v) is 20.4. The molecule has 0 N–H and O–H groups in total. The molecule has 1 aromatic rings. The Bertz CT molecular complexity index is 1330. The van der Waals surface area contributed by atoms with Crippen LogP contribution in [0.1, 0.15) is 74.8 Å². The van der Waals surface area contributed by atoms with Crippen LogP contribution in [0.5, 0.6) is 0 Å². The first-order chi connectivity index (χ1) is 20.7. The number of nitrogens with zero attached hydrogens (tertiary/aromatic N) is 4. The summed E-state index contributed by atoms with van der Waals surface area (Å²) in [5.74, 6) is -1.50. The van der Waals surface area contributed by atoms with Gasteiger partial charge in [0, 0.05) is 51.9 Å². The number of aliphatic imine (C=N–C) groups is 1. The van der Waals surface area contributed by atoms with Crippen molar-refractivity contribution in [2.45, 2.75) is 122 Å². The summed E-state index contributed by atoms with van der Waals surface area (Å²) in [6, 6.07) is 2.55. The van der Waals surface area contributed by atoms with Crippen molar-refractivity contribution in [3.05, 3.63) is 23.8 Å². The number of carbonyl (C=O) groups is 2. The molecule has 2 aliphatic heterocycles. The van der Waals surface area contributed by atoms with E-state index in [-0.39, 0.29) is 23.4 Å². The van der Waals surface area contributed by atoms with Crippen molar-refractivity contribution in [3.63, 3.8) is 0 Å². The topological polar surface area (TPSA) is 103 Å². The summed E-state index contributed by atoms with van der Waals surface area (Å²) >= 11 is 1.16. The van der Waals surface area contributed by atoms with E-state index in [1.165, 1.54) is 16.0 Å². The van der Waals surface area contributed by atoms with Gasteiger partial charge in [-0.1, -0.05) is 44.4 Å². The Balaban J connectivity index is 2.20. The summed E-state index contributed by atoms with van der Waals surface area (Å²) < 4.78 is 39.1. The van der Waals surface area contributed by atoms with Gasteiger partial charge in [-0.3, -0.25) is 9.79 Å². The first-order valence-electron chi connectivity index (χ1n) is 15.8. The number of thioether (sulfide) groups is 1. The second kappa shape index (κ2) is 13.1. The van der Waals surface area contributed by atoms with Gasteiger partial charge in [-0.05, 0) is 68.4 Å². The van der Waals surface area contributed by atoms with E-state index in [0.29, 0.717) is 12.1 Å². The van der Waals surface area contributed by atoms with E-state index in [1.807, 2.05) is 34.6 Å². The van der Waals surface area contributed by atoms with Gasteiger partial charge in [0.15, 0.2) is 5.17 Å². The summed E-state index contributed by atoms with van der Waals surface area (Å²) in [6.45, 7) is 25.6. The van der Waals surface area contributed by atoms with E-state index in [1.54, 1.807) is 54.8 Å². The first kappa shape index (κ1) is 38.4. The number of hydrogen-bond donors (Lipinski definition) is 0. The molecule has 46 heavy (non-hydrogen) atoms. The van der Waals surface area contributed by atoms with E-state index in [0.717, 1.165) is 17.8 Å². The third-order valence-corrected chi connectivity index (χ3v) is 12.3. The maximum absolute atomic E-state index is 16.0. The fraction of sp³-hybridized carbons (Fsp3) is 0.750. The molecule has 1 aromatic heterocycles. The molecule has 14 heteroatoms. The van der Waals surface area contributed by atoms with Crippen LogP contribution in [-0.4, -0.2) is 96.1 Å². The number of amides is 2. The molecule has 0 bridgehead atoms. The highest BCUT2D eigenvalue weighted by atomic mass is 32.2. The molecular formula is C32H54BFN4O6SSi. The van der Waals surface area contributed by atoms with Crippen LogP contribution in [0.4, 0.5) is 9.18 Å². The summed E-state index contributed by atoms with van der Waals surface area (Å²) in [5, 5.41) is 0.195. The highest BCUT2D eigenvalue weighted by Crippen LogP contribution is 2.52. The smallest absolute Gasteiger partial charge is 0.443 e. The molecule has 3 rings (SSSR count). The minimum absolute atomic E-state index is 0.142. The van der Waals surface area contributed by atoms with Crippen LogP contribution in [0, 0.1) is 11.9 Å². The van der Waals surface area contributed by atoms with Gasteiger partial charge in [-0.15, -0.1) is 0 Å². The number of halogens is 1. The molecule has 3 heterocycles. The van der Waals surface area contributed by atoms with Crippen molar-refractivity contribution < 1.29 is 32.8 Å². The quantitative estimate of drug-likeness (QED) is 0.146. The number of ether oxygens (including phenoxy) is 2. The molecule has 0 aliphatic carbocycles. The average molecular weight is 681 g/mol. The molecule has 0 aromatic carbocycles. The predicted octanol–water partition coefficient (Wildman–Crippen LogP) is 5.87. The third-order valence-electron chi connectivity index (χ3n) is 9.12. The Morgan fingerprint density at radius 1 is 1.09 bits per heavy atom. The van der Waals surface area contributed by atoms with Crippen LogP contribution in [0.15, 0.2) is 17.3 Å². The van der Waals surface area contributed by atoms with Gasteiger partial charge in [0.05, 0.1) is 16.7 Å². The zero-order valence-electron chi connectivity index (χ0n) is 30.5. The highest BCUT2D eigenvalue weighted by molar-refractivity contribution is 8.15. The monoisotopic (exact) mass is 680 g/mol. The molecule has 0 saturated carbocycles. The lowest BCUT2D eigenvalue weighted by molar-refractivity contribution is -0.132. The van der Waals surface area contributed by atoms with Crippen LogP contribution in [0.3, 0.4) is 0 Å². The number of carbonyl (C=O) groups excluding carboxylic acids is 2. The van der Waals surface area contributed by atoms with E-state index < -0.39 is 60.2 Å². The minimum atomic E-state index is -1.42. The van der Waals surface area contributed by atoms with Gasteiger partial charge in [0.1, 0.15) is 17.1 Å². The standard InChI is InChI=1S/C32H54BFN4O6SSi/c1-21-31(9,23-18-22(19-35-24(23)34)33-43-29(5,6)30(7,8)44-33)36-26(45-32(21,10)25(39)37(11)12)38(27(40)42-28(2,3)4)20-41-16-17-46(13,14)15/h18-19,21H,16-17,20H2,1-15H3/t21-,31-,32-/m0/s1. The SMILES string of the molecule is C[C@@H]1[C@@](C)(C(=O)N(C)C)SC(N(COCC[Si](C)(C)C)C(=O)OC(C)(C)C)=N[C@]1(C)c1cc(B2OC(C)(C)C(C)(C)O2)cnc1F. The van der Waals surface area contributed by atoms with Gasteiger partial charge in [0.25, 0.3) is 0 Å². The number of amidine groups is 1. The van der Waals surface area contributed by atoms with E-state index in [9.17, 15) is 9.59 Å². The zero-order chi connectivity index (χ0) is 35.3. The Morgan fingerprint density at radius 2 is 1.65 bits per heavy atom. The Kier molecular flexibility index (Phi) is 11.0. The molecular weight excluding hydrogens is 626 g/mol. The lowest BCUT2D eigenvalue weighted by Crippen LogP contribution is -2.57. The molecule has 3 atom stereocenters. The number of pyridine rings is 1. The maximum atomic E-state index is 16.0. The Morgan fingerprint density at radius 3 is 2.15 bits per heavy atom. The van der Waals surface area contributed by atoms with Gasteiger partial charge in [0.2, 0.25) is 11.9 Å². The fourth-order valence-electron chi connectivity index (χ4n) is 5.18. The van der Waals surface area contributed by atoms with Crippen LogP contribution in [0.25, 0.3) is 0 Å². The van der Waals surface area contributed by atoms with Crippen molar-refractivity contribution in [2.24, 2.45) is 10.9 Å². The van der Waals surface area contributed by atoms with Crippen LogP contribution < -0.4 is 5.46 Å². The van der Waals surface area contributed by atoms with Crippen molar-refractivity contribution in [3.8, 4) is 0 Å². The van der Waals surface area contributed by atoms with Gasteiger partial charge >= 0.3 is 13.2 Å². The number of rotatable bonds is 8. The van der Waals surface area contributed by atoms with Gasteiger partial charge in [-0.25, -0.2) is 14.7 Å². The van der Waals surface area contributed by atoms with Crippen molar-refractivity contribution in [2.75, 3.05) is 27.4 Å². The molecule has 2 aliphatic rings. The maximum Gasteiger partial charge on any atom is 0.496 e. The average Bonchev–Trinajstić information content (AvgIpc) is 3.11. The lowest BCUT2D eigenvalue weighted by atomic mass is 9.71.